The molecule has 82 valence electrons. The lowest BCUT2D eigenvalue weighted by atomic mass is 10.3. The molecule has 0 saturated heterocycles. The van der Waals surface area contributed by atoms with E-state index < -0.39 is 0 Å². The van der Waals surface area contributed by atoms with Crippen LogP contribution in [-0.2, 0) is 6.61 Å². The summed E-state index contributed by atoms with van der Waals surface area (Å²) in [4.78, 5) is 8.48. The van der Waals surface area contributed by atoms with Crippen molar-refractivity contribution in [2.45, 2.75) is 20.5 Å². The molecule has 2 rings (SSSR count). The van der Waals surface area contributed by atoms with Crippen LogP contribution in [0.4, 0.5) is 0 Å². The van der Waals surface area contributed by atoms with E-state index in [1.165, 1.54) is 0 Å². The Morgan fingerprint density at radius 2 is 2.06 bits per heavy atom. The number of aromatic nitrogens is 2. The number of aryl methyl sites for hydroxylation is 2. The third-order valence-corrected chi connectivity index (χ3v) is 2.20. The summed E-state index contributed by atoms with van der Waals surface area (Å²) < 4.78 is 5.55. The Hall–Kier alpha value is -1.90. The molecule has 3 nitrogen and oxygen atoms in total. The fourth-order valence-electron chi connectivity index (χ4n) is 1.42. The topological polar surface area (TPSA) is 35.0 Å². The predicted octanol–water partition coefficient (Wildman–Crippen LogP) is 2.67. The maximum Gasteiger partial charge on any atom is 0.213 e. The number of pyridine rings is 2. The Morgan fingerprint density at radius 3 is 2.81 bits per heavy atom. The zero-order valence-electron chi connectivity index (χ0n) is 9.47. The summed E-state index contributed by atoms with van der Waals surface area (Å²) in [5, 5.41) is 0. The summed E-state index contributed by atoms with van der Waals surface area (Å²) in [6, 6.07) is 9.75. The van der Waals surface area contributed by atoms with E-state index in [0.29, 0.717) is 12.5 Å². The lowest BCUT2D eigenvalue weighted by molar-refractivity contribution is 0.289. The molecule has 0 aromatic carbocycles. The molecule has 0 fully saturated rings. The standard InChI is InChI=1S/C13H14N2O/c1-10-6-7-14-13(8-10)16-9-12-5-3-4-11(2)15-12/h3-8H,9H2,1-2H3. The van der Waals surface area contributed by atoms with Crippen molar-refractivity contribution in [3.8, 4) is 5.88 Å². The van der Waals surface area contributed by atoms with E-state index in [2.05, 4.69) is 9.97 Å². The van der Waals surface area contributed by atoms with Gasteiger partial charge in [-0.3, -0.25) is 4.98 Å². The first-order chi connectivity index (χ1) is 7.74. The van der Waals surface area contributed by atoms with Crippen molar-refractivity contribution < 1.29 is 4.74 Å². The molecule has 0 N–H and O–H groups in total. The molecule has 0 spiro atoms. The smallest absolute Gasteiger partial charge is 0.213 e. The number of nitrogens with zero attached hydrogens (tertiary/aromatic N) is 2. The molecule has 3 heteroatoms. The van der Waals surface area contributed by atoms with E-state index >= 15 is 0 Å². The van der Waals surface area contributed by atoms with Crippen molar-refractivity contribution in [1.82, 2.24) is 9.97 Å². The van der Waals surface area contributed by atoms with Gasteiger partial charge in [-0.25, -0.2) is 4.98 Å². The van der Waals surface area contributed by atoms with E-state index in [9.17, 15) is 0 Å². The normalized spacial score (nSPS) is 10.1. The van der Waals surface area contributed by atoms with E-state index in [4.69, 9.17) is 4.74 Å². The lowest BCUT2D eigenvalue weighted by Gasteiger charge is -2.05. The Kier molecular flexibility index (Phi) is 3.15. The maximum absolute atomic E-state index is 5.55. The van der Waals surface area contributed by atoms with Gasteiger partial charge >= 0.3 is 0 Å². The fraction of sp³-hybridized carbons (Fsp3) is 0.231. The first-order valence-corrected chi connectivity index (χ1v) is 5.22. The van der Waals surface area contributed by atoms with Gasteiger partial charge < -0.3 is 4.74 Å². The van der Waals surface area contributed by atoms with Crippen molar-refractivity contribution >= 4 is 0 Å². The van der Waals surface area contributed by atoms with Gasteiger partial charge in [0.05, 0.1) is 5.69 Å². The highest BCUT2D eigenvalue weighted by Crippen LogP contribution is 2.10. The fourth-order valence-corrected chi connectivity index (χ4v) is 1.42. The highest BCUT2D eigenvalue weighted by molar-refractivity contribution is 5.19. The first-order valence-electron chi connectivity index (χ1n) is 5.22. The molecule has 0 saturated carbocycles. The van der Waals surface area contributed by atoms with Crippen molar-refractivity contribution in [2.75, 3.05) is 0 Å². The number of hydrogen-bond donors (Lipinski definition) is 0. The quantitative estimate of drug-likeness (QED) is 0.787. The average Bonchev–Trinajstić information content (AvgIpc) is 2.27. The first kappa shape index (κ1) is 10.6. The third-order valence-electron chi connectivity index (χ3n) is 2.20. The molecule has 2 aromatic heterocycles. The Morgan fingerprint density at radius 1 is 1.19 bits per heavy atom. The molecule has 0 radical (unpaired) electrons. The number of hydrogen-bond acceptors (Lipinski definition) is 3. The van der Waals surface area contributed by atoms with Crippen molar-refractivity contribution in [2.24, 2.45) is 0 Å². The minimum absolute atomic E-state index is 0.456. The summed E-state index contributed by atoms with van der Waals surface area (Å²) in [7, 11) is 0. The minimum Gasteiger partial charge on any atom is -0.471 e. The largest absolute Gasteiger partial charge is 0.471 e. The third kappa shape index (κ3) is 2.79. The predicted molar refractivity (Wildman–Crippen MR) is 62.3 cm³/mol. The van der Waals surface area contributed by atoms with Gasteiger partial charge in [0.15, 0.2) is 0 Å². The van der Waals surface area contributed by atoms with Crippen LogP contribution in [0.25, 0.3) is 0 Å². The Bertz CT molecular complexity index is 437. The molecule has 0 aliphatic carbocycles. The monoisotopic (exact) mass is 214 g/mol. The summed E-state index contributed by atoms with van der Waals surface area (Å²) in [5.74, 6) is 0.642. The van der Waals surface area contributed by atoms with Crippen LogP contribution in [0.15, 0.2) is 36.5 Å². The summed E-state index contributed by atoms with van der Waals surface area (Å²) in [6.45, 7) is 4.44. The zero-order valence-corrected chi connectivity index (χ0v) is 9.47. The highest BCUT2D eigenvalue weighted by atomic mass is 16.5. The molecule has 0 aliphatic rings. The van der Waals surface area contributed by atoms with Crippen LogP contribution in [0.3, 0.4) is 0 Å². The summed E-state index contributed by atoms with van der Waals surface area (Å²) in [6.07, 6.45) is 1.74. The SMILES string of the molecule is Cc1ccnc(OCc2cccc(C)n2)c1. The van der Waals surface area contributed by atoms with Gasteiger partial charge in [0, 0.05) is 18.0 Å². The average molecular weight is 214 g/mol. The molecule has 0 atom stereocenters. The Balaban J connectivity index is 2.02. The molecule has 0 unspecified atom stereocenters. The minimum atomic E-state index is 0.456. The number of ether oxygens (including phenoxy) is 1. The van der Waals surface area contributed by atoms with Crippen LogP contribution in [0.5, 0.6) is 5.88 Å². The summed E-state index contributed by atoms with van der Waals surface area (Å²) in [5.41, 5.74) is 3.06. The molecular weight excluding hydrogens is 200 g/mol. The summed E-state index contributed by atoms with van der Waals surface area (Å²) >= 11 is 0. The molecule has 2 heterocycles. The second kappa shape index (κ2) is 4.75. The van der Waals surface area contributed by atoms with Gasteiger partial charge in [-0.15, -0.1) is 0 Å². The van der Waals surface area contributed by atoms with Gasteiger partial charge in [0.1, 0.15) is 6.61 Å². The Labute approximate surface area is 95.1 Å². The molecular formula is C13H14N2O. The molecule has 0 bridgehead atoms. The molecule has 16 heavy (non-hydrogen) atoms. The van der Waals surface area contributed by atoms with E-state index in [1.807, 2.05) is 44.2 Å². The second-order valence-corrected chi connectivity index (χ2v) is 3.73. The van der Waals surface area contributed by atoms with Crippen LogP contribution in [0, 0.1) is 13.8 Å². The van der Waals surface area contributed by atoms with Crippen molar-refractivity contribution in [3.63, 3.8) is 0 Å². The maximum atomic E-state index is 5.55. The number of rotatable bonds is 3. The lowest BCUT2D eigenvalue weighted by Crippen LogP contribution is -2.00. The van der Waals surface area contributed by atoms with Gasteiger partial charge in [0.2, 0.25) is 5.88 Å². The van der Waals surface area contributed by atoms with Crippen LogP contribution < -0.4 is 4.74 Å². The second-order valence-electron chi connectivity index (χ2n) is 3.73. The van der Waals surface area contributed by atoms with Crippen molar-refractivity contribution in [1.29, 1.82) is 0 Å². The van der Waals surface area contributed by atoms with Crippen LogP contribution in [0.2, 0.25) is 0 Å². The van der Waals surface area contributed by atoms with Crippen molar-refractivity contribution in [3.05, 3.63) is 53.5 Å². The van der Waals surface area contributed by atoms with Crippen LogP contribution in [-0.4, -0.2) is 9.97 Å². The van der Waals surface area contributed by atoms with Gasteiger partial charge in [0.25, 0.3) is 0 Å². The van der Waals surface area contributed by atoms with Crippen LogP contribution >= 0.6 is 0 Å². The van der Waals surface area contributed by atoms with Gasteiger partial charge in [-0.05, 0) is 37.6 Å². The van der Waals surface area contributed by atoms with Crippen LogP contribution in [0.1, 0.15) is 17.0 Å². The molecule has 2 aromatic rings. The zero-order chi connectivity index (χ0) is 11.4. The van der Waals surface area contributed by atoms with E-state index in [-0.39, 0.29) is 0 Å². The highest BCUT2D eigenvalue weighted by Gasteiger charge is 1.98. The van der Waals surface area contributed by atoms with Gasteiger partial charge in [-0.2, -0.15) is 0 Å². The van der Waals surface area contributed by atoms with E-state index in [0.717, 1.165) is 17.0 Å². The van der Waals surface area contributed by atoms with E-state index in [1.54, 1.807) is 6.20 Å². The molecule has 0 amide bonds. The van der Waals surface area contributed by atoms with Gasteiger partial charge in [-0.1, -0.05) is 6.07 Å². The molecule has 0 aliphatic heterocycles.